The minimum absolute atomic E-state index is 0.137. The number of nitrogens with zero attached hydrogens (tertiary/aromatic N) is 5. The minimum atomic E-state index is -0.207. The molecule has 0 bridgehead atoms. The number of hydrogen-bond acceptors (Lipinski definition) is 4. The molecule has 24 heavy (non-hydrogen) atoms. The third-order valence-electron chi connectivity index (χ3n) is 4.62. The smallest absolute Gasteiger partial charge is 0.257 e. The maximum absolute atomic E-state index is 12.8. The first-order chi connectivity index (χ1) is 11.5. The number of carbonyl (C=O) groups is 2. The van der Waals surface area contributed by atoms with Gasteiger partial charge in [-0.15, -0.1) is 0 Å². The Morgan fingerprint density at radius 3 is 2.83 bits per heavy atom. The summed E-state index contributed by atoms with van der Waals surface area (Å²) in [5, 5.41) is 11.6. The summed E-state index contributed by atoms with van der Waals surface area (Å²) in [7, 11) is 1.79. The molecule has 4 rings (SSSR count). The largest absolute Gasteiger partial charge is 0.347 e. The van der Waals surface area contributed by atoms with Crippen LogP contribution in [0.25, 0.3) is 5.82 Å². The maximum atomic E-state index is 12.8. The average molecular weight is 328 g/mol. The number of likely N-dealkylation sites (tertiary alicyclic amines) is 1. The highest BCUT2D eigenvalue weighted by Crippen LogP contribution is 2.30. The van der Waals surface area contributed by atoms with Gasteiger partial charge in [-0.05, 0) is 25.8 Å². The van der Waals surface area contributed by atoms with E-state index in [1.807, 2.05) is 4.90 Å². The monoisotopic (exact) mass is 328 g/mol. The Kier molecular flexibility index (Phi) is 3.40. The molecular formula is C16H20N6O2. The summed E-state index contributed by atoms with van der Waals surface area (Å²) in [6.45, 7) is 2.41. The summed E-state index contributed by atoms with van der Waals surface area (Å²) in [4.78, 5) is 26.8. The molecule has 1 aliphatic carbocycles. The minimum Gasteiger partial charge on any atom is -0.347 e. The van der Waals surface area contributed by atoms with Crippen LogP contribution in [0.3, 0.4) is 0 Å². The molecule has 1 unspecified atom stereocenters. The Morgan fingerprint density at radius 1 is 1.38 bits per heavy atom. The molecule has 8 heteroatoms. The molecule has 126 valence electrons. The van der Waals surface area contributed by atoms with Gasteiger partial charge in [0.2, 0.25) is 5.91 Å². The van der Waals surface area contributed by atoms with Crippen molar-refractivity contribution in [1.29, 1.82) is 0 Å². The van der Waals surface area contributed by atoms with Crippen molar-refractivity contribution in [1.82, 2.24) is 29.8 Å². The standard InChI is InChI=1S/C16H20N6O2/c1-10-14(16(20(2)19-10)22-7-3-6-17-22)15(24)18-11-8-13(23)21(9-11)12-4-5-12/h3,6-7,11-12H,4-5,8-9H2,1-2H3,(H,18,24). The third kappa shape index (κ3) is 2.47. The van der Waals surface area contributed by atoms with E-state index in [2.05, 4.69) is 15.5 Å². The Hall–Kier alpha value is -2.64. The van der Waals surface area contributed by atoms with E-state index in [0.29, 0.717) is 36.1 Å². The maximum Gasteiger partial charge on any atom is 0.257 e. The number of nitrogens with one attached hydrogen (secondary N) is 1. The summed E-state index contributed by atoms with van der Waals surface area (Å²) in [6.07, 6.45) is 5.97. The van der Waals surface area contributed by atoms with Gasteiger partial charge in [-0.2, -0.15) is 10.2 Å². The van der Waals surface area contributed by atoms with Crippen molar-refractivity contribution in [2.45, 2.75) is 38.3 Å². The number of amides is 2. The van der Waals surface area contributed by atoms with Gasteiger partial charge in [0.25, 0.3) is 5.91 Å². The predicted octanol–water partition coefficient (Wildman–Crippen LogP) is 0.407. The SMILES string of the molecule is Cc1nn(C)c(-n2cccn2)c1C(=O)NC1CC(=O)N(C2CC2)C1. The highest BCUT2D eigenvalue weighted by molar-refractivity contribution is 5.99. The second-order valence-electron chi connectivity index (χ2n) is 6.51. The van der Waals surface area contributed by atoms with Gasteiger partial charge in [0, 0.05) is 38.4 Å². The van der Waals surface area contributed by atoms with Gasteiger partial charge in [0.05, 0.1) is 11.7 Å². The van der Waals surface area contributed by atoms with Crippen LogP contribution in [-0.2, 0) is 11.8 Å². The molecule has 0 spiro atoms. The van der Waals surface area contributed by atoms with Gasteiger partial charge in [-0.25, -0.2) is 9.36 Å². The van der Waals surface area contributed by atoms with Crippen LogP contribution < -0.4 is 5.32 Å². The van der Waals surface area contributed by atoms with Gasteiger partial charge in [-0.3, -0.25) is 9.59 Å². The molecule has 2 aliphatic rings. The molecule has 2 aromatic rings. The summed E-state index contributed by atoms with van der Waals surface area (Å²) in [6, 6.07) is 2.04. The molecule has 1 N–H and O–H groups in total. The van der Waals surface area contributed by atoms with Crippen LogP contribution in [-0.4, -0.2) is 54.9 Å². The summed E-state index contributed by atoms with van der Waals surface area (Å²) in [5.41, 5.74) is 1.14. The number of aromatic nitrogens is 4. The summed E-state index contributed by atoms with van der Waals surface area (Å²) in [5.74, 6) is 0.554. The zero-order valence-corrected chi connectivity index (χ0v) is 13.8. The molecule has 1 saturated heterocycles. The number of rotatable bonds is 4. The van der Waals surface area contributed by atoms with E-state index in [9.17, 15) is 9.59 Å². The molecule has 3 heterocycles. The van der Waals surface area contributed by atoms with Crippen LogP contribution in [0, 0.1) is 6.92 Å². The molecule has 0 aromatic carbocycles. The number of hydrogen-bond donors (Lipinski definition) is 1. The van der Waals surface area contributed by atoms with Crippen LogP contribution in [0.4, 0.5) is 0 Å². The van der Waals surface area contributed by atoms with Crippen molar-refractivity contribution < 1.29 is 9.59 Å². The molecule has 1 aliphatic heterocycles. The van der Waals surface area contributed by atoms with Gasteiger partial charge < -0.3 is 10.2 Å². The fourth-order valence-corrected chi connectivity index (χ4v) is 3.39. The van der Waals surface area contributed by atoms with Gasteiger partial charge in [0.1, 0.15) is 5.56 Å². The van der Waals surface area contributed by atoms with E-state index in [-0.39, 0.29) is 17.9 Å². The van der Waals surface area contributed by atoms with Crippen LogP contribution in [0.2, 0.25) is 0 Å². The predicted molar refractivity (Wildman–Crippen MR) is 85.7 cm³/mol. The number of carbonyl (C=O) groups excluding carboxylic acids is 2. The normalized spacial score (nSPS) is 20.7. The quantitative estimate of drug-likeness (QED) is 0.881. The zero-order chi connectivity index (χ0) is 16.8. The first-order valence-corrected chi connectivity index (χ1v) is 8.18. The lowest BCUT2D eigenvalue weighted by atomic mass is 10.2. The van der Waals surface area contributed by atoms with Crippen LogP contribution >= 0.6 is 0 Å². The second-order valence-corrected chi connectivity index (χ2v) is 6.51. The Morgan fingerprint density at radius 2 is 2.17 bits per heavy atom. The molecule has 1 atom stereocenters. The molecule has 2 amide bonds. The van der Waals surface area contributed by atoms with Gasteiger partial charge in [-0.1, -0.05) is 0 Å². The van der Waals surface area contributed by atoms with E-state index in [4.69, 9.17) is 0 Å². The molecule has 1 saturated carbocycles. The molecule has 8 nitrogen and oxygen atoms in total. The fraction of sp³-hybridized carbons (Fsp3) is 0.500. The Labute approximate surface area is 139 Å². The summed E-state index contributed by atoms with van der Waals surface area (Å²) < 4.78 is 3.28. The van der Waals surface area contributed by atoms with Crippen LogP contribution in [0.15, 0.2) is 18.5 Å². The highest BCUT2D eigenvalue weighted by atomic mass is 16.2. The lowest BCUT2D eigenvalue weighted by Crippen LogP contribution is -2.38. The Bertz CT molecular complexity index is 790. The average Bonchev–Trinajstić information content (AvgIpc) is 2.96. The molecule has 2 fully saturated rings. The van der Waals surface area contributed by atoms with Crippen molar-refractivity contribution in [2.24, 2.45) is 7.05 Å². The second kappa shape index (κ2) is 5.47. The van der Waals surface area contributed by atoms with Crippen molar-refractivity contribution in [2.75, 3.05) is 6.54 Å². The molecule has 2 aromatic heterocycles. The van der Waals surface area contributed by atoms with Crippen molar-refractivity contribution >= 4 is 11.8 Å². The van der Waals surface area contributed by atoms with Crippen LogP contribution in [0.5, 0.6) is 0 Å². The lowest BCUT2D eigenvalue weighted by molar-refractivity contribution is -0.128. The van der Waals surface area contributed by atoms with Crippen molar-refractivity contribution in [3.05, 3.63) is 29.7 Å². The Balaban J connectivity index is 1.56. The third-order valence-corrected chi connectivity index (χ3v) is 4.62. The van der Waals surface area contributed by atoms with Crippen molar-refractivity contribution in [3.8, 4) is 5.82 Å². The first-order valence-electron chi connectivity index (χ1n) is 8.18. The van der Waals surface area contributed by atoms with E-state index in [1.54, 1.807) is 41.8 Å². The van der Waals surface area contributed by atoms with E-state index < -0.39 is 0 Å². The zero-order valence-electron chi connectivity index (χ0n) is 13.8. The number of aryl methyl sites for hydroxylation is 2. The van der Waals surface area contributed by atoms with E-state index in [0.717, 1.165) is 12.8 Å². The fourth-order valence-electron chi connectivity index (χ4n) is 3.39. The van der Waals surface area contributed by atoms with E-state index >= 15 is 0 Å². The van der Waals surface area contributed by atoms with Gasteiger partial charge in [0.15, 0.2) is 5.82 Å². The van der Waals surface area contributed by atoms with E-state index in [1.165, 1.54) is 0 Å². The van der Waals surface area contributed by atoms with Gasteiger partial charge >= 0.3 is 0 Å². The lowest BCUT2D eigenvalue weighted by Gasteiger charge is -2.16. The summed E-state index contributed by atoms with van der Waals surface area (Å²) >= 11 is 0. The highest BCUT2D eigenvalue weighted by Gasteiger charge is 2.40. The van der Waals surface area contributed by atoms with Crippen LogP contribution in [0.1, 0.15) is 35.3 Å². The molecule has 0 radical (unpaired) electrons. The first kappa shape index (κ1) is 14.9. The molecular weight excluding hydrogens is 308 g/mol. The topological polar surface area (TPSA) is 85.0 Å². The van der Waals surface area contributed by atoms with Crippen molar-refractivity contribution in [3.63, 3.8) is 0 Å².